The van der Waals surface area contributed by atoms with Crippen LogP contribution in [0.2, 0.25) is 0 Å². The highest BCUT2D eigenvalue weighted by Crippen LogP contribution is 2.28. The fourth-order valence-electron chi connectivity index (χ4n) is 3.26. The summed E-state index contributed by atoms with van der Waals surface area (Å²) in [4.78, 5) is 18.8. The first-order valence-electron chi connectivity index (χ1n) is 9.44. The molecule has 29 heavy (non-hydrogen) atoms. The Labute approximate surface area is 168 Å². The van der Waals surface area contributed by atoms with Crippen molar-refractivity contribution in [3.63, 3.8) is 0 Å². The fourth-order valence-corrected chi connectivity index (χ4v) is 3.26. The summed E-state index contributed by atoms with van der Waals surface area (Å²) in [6.45, 7) is 6.74. The van der Waals surface area contributed by atoms with Gasteiger partial charge in [-0.1, -0.05) is 0 Å². The van der Waals surface area contributed by atoms with Crippen LogP contribution in [0, 0.1) is 0 Å². The molecule has 1 aliphatic rings. The van der Waals surface area contributed by atoms with E-state index in [0.29, 0.717) is 36.9 Å². The number of ether oxygens (including phenoxy) is 2. The maximum atomic E-state index is 12.4. The number of nitrogens with zero attached hydrogens (tertiary/aromatic N) is 6. The van der Waals surface area contributed by atoms with E-state index in [1.165, 1.54) is 0 Å². The molecule has 1 atom stereocenters. The fraction of sp³-hybridized carbons (Fsp3) is 0.474. The van der Waals surface area contributed by atoms with Crippen molar-refractivity contribution in [1.29, 1.82) is 0 Å². The van der Waals surface area contributed by atoms with Gasteiger partial charge in [0.05, 0.1) is 31.2 Å². The minimum atomic E-state index is -0.553. The number of hydrogen-bond donors (Lipinski definition) is 1. The van der Waals surface area contributed by atoms with Crippen LogP contribution in [-0.2, 0) is 16.5 Å². The predicted octanol–water partition coefficient (Wildman–Crippen LogP) is 2.02. The molecular formula is C19H25N7O3. The second-order valence-corrected chi connectivity index (χ2v) is 8.09. The molecule has 10 nitrogen and oxygen atoms in total. The molecule has 0 saturated carbocycles. The quantitative estimate of drug-likeness (QED) is 0.701. The molecule has 0 spiro atoms. The van der Waals surface area contributed by atoms with Gasteiger partial charge in [0.15, 0.2) is 5.65 Å². The number of carbonyl (C=O) groups excluding carboxylic acids is 1. The van der Waals surface area contributed by atoms with E-state index in [9.17, 15) is 4.79 Å². The third kappa shape index (κ3) is 3.88. The molecule has 3 aromatic heterocycles. The van der Waals surface area contributed by atoms with Crippen LogP contribution >= 0.6 is 0 Å². The number of hydrogen-bond acceptors (Lipinski definition) is 7. The van der Waals surface area contributed by atoms with Gasteiger partial charge in [-0.15, -0.1) is 0 Å². The van der Waals surface area contributed by atoms with Gasteiger partial charge in [0.25, 0.3) is 0 Å². The molecule has 0 bridgehead atoms. The molecule has 4 rings (SSSR count). The van der Waals surface area contributed by atoms with Crippen LogP contribution in [0.15, 0.2) is 24.7 Å². The Morgan fingerprint density at radius 3 is 2.79 bits per heavy atom. The summed E-state index contributed by atoms with van der Waals surface area (Å²) in [7, 11) is 1.85. The van der Waals surface area contributed by atoms with Crippen LogP contribution in [0.3, 0.4) is 0 Å². The van der Waals surface area contributed by atoms with Crippen LogP contribution in [0.25, 0.3) is 16.8 Å². The van der Waals surface area contributed by atoms with Gasteiger partial charge < -0.3 is 20.1 Å². The molecule has 1 unspecified atom stereocenters. The van der Waals surface area contributed by atoms with Gasteiger partial charge in [0, 0.05) is 37.0 Å². The Morgan fingerprint density at radius 2 is 2.10 bits per heavy atom. The monoisotopic (exact) mass is 399 g/mol. The number of rotatable bonds is 2. The normalized spacial score (nSPS) is 17.7. The van der Waals surface area contributed by atoms with E-state index >= 15 is 0 Å². The third-order valence-corrected chi connectivity index (χ3v) is 4.58. The SMILES string of the molecule is Cn1cc(-c2cnn3c(N)cc(C4CN(C(=O)OC(C)(C)C)CCO4)nc23)cn1. The molecule has 0 aliphatic carbocycles. The maximum Gasteiger partial charge on any atom is 0.410 e. The highest BCUT2D eigenvalue weighted by molar-refractivity contribution is 5.77. The number of nitrogen functional groups attached to an aromatic ring is 1. The van der Waals surface area contributed by atoms with E-state index in [1.807, 2.05) is 34.0 Å². The standard InChI is InChI=1S/C19H25N7O3/c1-19(2,3)29-18(27)25-5-6-28-15(11-25)14-7-16(20)26-17(23-14)13(9-22-26)12-8-21-24(4)10-12/h7-10,15H,5-6,11,20H2,1-4H3. The smallest absolute Gasteiger partial charge is 0.410 e. The van der Waals surface area contributed by atoms with E-state index in [-0.39, 0.29) is 6.09 Å². The average molecular weight is 399 g/mol. The van der Waals surface area contributed by atoms with Crippen LogP contribution in [0.1, 0.15) is 32.6 Å². The molecule has 1 saturated heterocycles. The van der Waals surface area contributed by atoms with Gasteiger partial charge in [-0.25, -0.2) is 9.78 Å². The zero-order valence-corrected chi connectivity index (χ0v) is 17.0. The van der Waals surface area contributed by atoms with E-state index < -0.39 is 11.7 Å². The van der Waals surface area contributed by atoms with Crippen molar-refractivity contribution in [2.45, 2.75) is 32.5 Å². The summed E-state index contributed by atoms with van der Waals surface area (Å²) in [5, 5.41) is 8.55. The lowest BCUT2D eigenvalue weighted by Gasteiger charge is -2.34. The Bertz CT molecular complexity index is 1050. The number of anilines is 1. The highest BCUT2D eigenvalue weighted by Gasteiger charge is 2.30. The molecular weight excluding hydrogens is 374 g/mol. The molecule has 0 radical (unpaired) electrons. The van der Waals surface area contributed by atoms with Crippen LogP contribution in [0.4, 0.5) is 10.6 Å². The lowest BCUT2D eigenvalue weighted by atomic mass is 10.1. The van der Waals surface area contributed by atoms with Crippen molar-refractivity contribution < 1.29 is 14.3 Å². The number of aryl methyl sites for hydroxylation is 1. The number of nitrogens with two attached hydrogens (primary N) is 1. The molecule has 10 heteroatoms. The molecule has 154 valence electrons. The number of carbonyl (C=O) groups is 1. The van der Waals surface area contributed by atoms with Gasteiger partial charge in [-0.3, -0.25) is 4.68 Å². The molecule has 1 fully saturated rings. The summed E-state index contributed by atoms with van der Waals surface area (Å²) in [6.07, 6.45) is 4.60. The molecule has 4 heterocycles. The minimum Gasteiger partial charge on any atom is -0.444 e. The molecule has 1 amide bonds. The summed E-state index contributed by atoms with van der Waals surface area (Å²) in [6, 6.07) is 1.73. The Hall–Kier alpha value is -3.14. The van der Waals surface area contributed by atoms with E-state index in [0.717, 1.165) is 11.1 Å². The number of fused-ring (bicyclic) bond motifs is 1. The topological polar surface area (TPSA) is 113 Å². The Balaban J connectivity index is 1.64. The first kappa shape index (κ1) is 19.2. The van der Waals surface area contributed by atoms with Crippen LogP contribution in [0.5, 0.6) is 0 Å². The summed E-state index contributed by atoms with van der Waals surface area (Å²) >= 11 is 0. The number of morpholine rings is 1. The van der Waals surface area contributed by atoms with Crippen molar-refractivity contribution in [3.05, 3.63) is 30.4 Å². The van der Waals surface area contributed by atoms with Gasteiger partial charge in [0.2, 0.25) is 0 Å². The number of amides is 1. The van der Waals surface area contributed by atoms with Gasteiger partial charge in [0.1, 0.15) is 17.5 Å². The van der Waals surface area contributed by atoms with Gasteiger partial charge >= 0.3 is 6.09 Å². The van der Waals surface area contributed by atoms with Gasteiger partial charge in [-0.2, -0.15) is 14.7 Å². The van der Waals surface area contributed by atoms with Crippen molar-refractivity contribution in [1.82, 2.24) is 29.3 Å². The molecule has 0 aromatic carbocycles. The molecule has 2 N–H and O–H groups in total. The van der Waals surface area contributed by atoms with Crippen LogP contribution in [-0.4, -0.2) is 60.7 Å². The zero-order chi connectivity index (χ0) is 20.8. The molecule has 1 aliphatic heterocycles. The van der Waals surface area contributed by atoms with E-state index in [2.05, 4.69) is 10.2 Å². The minimum absolute atomic E-state index is 0.341. The Kier molecular flexibility index (Phi) is 4.65. The second kappa shape index (κ2) is 7.03. The van der Waals surface area contributed by atoms with E-state index in [1.54, 1.807) is 32.6 Å². The first-order valence-corrected chi connectivity index (χ1v) is 9.44. The van der Waals surface area contributed by atoms with Crippen molar-refractivity contribution in [3.8, 4) is 11.1 Å². The lowest BCUT2D eigenvalue weighted by Crippen LogP contribution is -2.44. The second-order valence-electron chi connectivity index (χ2n) is 8.09. The third-order valence-electron chi connectivity index (χ3n) is 4.58. The van der Waals surface area contributed by atoms with E-state index in [4.69, 9.17) is 20.2 Å². The highest BCUT2D eigenvalue weighted by atomic mass is 16.6. The van der Waals surface area contributed by atoms with Crippen molar-refractivity contribution >= 4 is 17.6 Å². The van der Waals surface area contributed by atoms with Gasteiger partial charge in [-0.05, 0) is 20.8 Å². The maximum absolute atomic E-state index is 12.4. The summed E-state index contributed by atoms with van der Waals surface area (Å²) in [5.41, 5.74) is 8.65. The zero-order valence-electron chi connectivity index (χ0n) is 17.0. The van der Waals surface area contributed by atoms with Crippen molar-refractivity contribution in [2.75, 3.05) is 25.4 Å². The summed E-state index contributed by atoms with van der Waals surface area (Å²) in [5.74, 6) is 0.443. The number of aromatic nitrogens is 5. The first-order chi connectivity index (χ1) is 13.7. The molecule has 3 aromatic rings. The van der Waals surface area contributed by atoms with Crippen LogP contribution < -0.4 is 5.73 Å². The largest absolute Gasteiger partial charge is 0.444 e. The average Bonchev–Trinajstić information content (AvgIpc) is 3.26. The summed E-state index contributed by atoms with van der Waals surface area (Å²) < 4.78 is 14.7. The lowest BCUT2D eigenvalue weighted by molar-refractivity contribution is -0.0446. The Morgan fingerprint density at radius 1 is 1.31 bits per heavy atom. The van der Waals surface area contributed by atoms with Crippen molar-refractivity contribution in [2.24, 2.45) is 7.05 Å². The predicted molar refractivity (Wildman–Crippen MR) is 106 cm³/mol.